The van der Waals surface area contributed by atoms with Crippen LogP contribution in [0.15, 0.2) is 54.6 Å². The average molecular weight is 327 g/mol. The molecule has 118 valence electrons. The van der Waals surface area contributed by atoms with Gasteiger partial charge in [-0.25, -0.2) is 4.39 Å². The Hall–Kier alpha value is -2.20. The molecule has 3 rings (SSSR count). The fraction of sp³-hybridized carbons (Fsp3) is 0.211. The van der Waals surface area contributed by atoms with Gasteiger partial charge in [0.15, 0.2) is 0 Å². The number of thiophene rings is 1. The lowest BCUT2D eigenvalue weighted by molar-refractivity contribution is -0.126. The van der Waals surface area contributed by atoms with Crippen LogP contribution in [0, 0.1) is 5.82 Å². The third-order valence-corrected chi connectivity index (χ3v) is 5.02. The minimum atomic E-state index is -0.227. The van der Waals surface area contributed by atoms with Crippen LogP contribution in [0.5, 0.6) is 0 Å². The molecule has 1 fully saturated rings. The first-order valence-electron chi connectivity index (χ1n) is 7.62. The fourth-order valence-electron chi connectivity index (χ4n) is 2.55. The molecule has 0 radical (unpaired) electrons. The van der Waals surface area contributed by atoms with Crippen LogP contribution in [0.1, 0.15) is 17.7 Å². The average Bonchev–Trinajstić information content (AvgIpc) is 3.02. The molecule has 0 unspecified atom stereocenters. The lowest BCUT2D eigenvalue weighted by atomic mass is 10.1. The van der Waals surface area contributed by atoms with Crippen LogP contribution in [0.4, 0.5) is 4.39 Å². The number of hydrogen-bond acceptors (Lipinski definition) is 2. The number of carbonyl (C=O) groups excluding carboxylic acids is 1. The number of rotatable bonds is 3. The highest BCUT2D eigenvalue weighted by Crippen LogP contribution is 2.30. The van der Waals surface area contributed by atoms with Gasteiger partial charge in [0.1, 0.15) is 5.82 Å². The zero-order valence-electron chi connectivity index (χ0n) is 12.8. The maximum atomic E-state index is 13.8. The maximum absolute atomic E-state index is 13.8. The quantitative estimate of drug-likeness (QED) is 0.589. The van der Waals surface area contributed by atoms with E-state index in [1.807, 2.05) is 23.1 Å². The van der Waals surface area contributed by atoms with E-state index in [9.17, 15) is 9.18 Å². The van der Waals surface area contributed by atoms with Gasteiger partial charge >= 0.3 is 0 Å². The number of nitrogens with zero attached hydrogens (tertiary/aromatic N) is 1. The van der Waals surface area contributed by atoms with Crippen molar-refractivity contribution >= 4 is 23.3 Å². The zero-order valence-corrected chi connectivity index (χ0v) is 13.6. The summed E-state index contributed by atoms with van der Waals surface area (Å²) in [6.07, 6.45) is 5.18. The van der Waals surface area contributed by atoms with Crippen LogP contribution in [-0.2, 0) is 4.79 Å². The van der Waals surface area contributed by atoms with Gasteiger partial charge < -0.3 is 4.90 Å². The number of carbonyl (C=O) groups is 1. The number of amides is 1. The molecule has 1 aliphatic heterocycles. The van der Waals surface area contributed by atoms with E-state index in [4.69, 9.17) is 0 Å². The van der Waals surface area contributed by atoms with Crippen LogP contribution in [-0.4, -0.2) is 23.9 Å². The van der Waals surface area contributed by atoms with Crippen molar-refractivity contribution in [3.05, 3.63) is 65.3 Å². The van der Waals surface area contributed by atoms with Crippen molar-refractivity contribution in [1.29, 1.82) is 0 Å². The van der Waals surface area contributed by atoms with Gasteiger partial charge in [-0.05, 0) is 37.1 Å². The number of halogens is 1. The number of hydrogen-bond donors (Lipinski definition) is 0. The summed E-state index contributed by atoms with van der Waals surface area (Å²) < 4.78 is 13.8. The summed E-state index contributed by atoms with van der Waals surface area (Å²) in [6, 6.07) is 10.5. The second kappa shape index (κ2) is 6.92. The summed E-state index contributed by atoms with van der Waals surface area (Å²) in [4.78, 5) is 15.8. The van der Waals surface area contributed by atoms with E-state index in [-0.39, 0.29) is 11.7 Å². The van der Waals surface area contributed by atoms with E-state index in [1.165, 1.54) is 23.0 Å². The molecule has 0 bridgehead atoms. The topological polar surface area (TPSA) is 20.3 Å². The SMILES string of the molecule is C=C1CCN(C(=O)/C=C/c2ccc(-c3ccccc3F)s2)CC1. The van der Waals surface area contributed by atoms with E-state index >= 15 is 0 Å². The summed E-state index contributed by atoms with van der Waals surface area (Å²) >= 11 is 1.48. The summed E-state index contributed by atoms with van der Waals surface area (Å²) in [5, 5.41) is 0. The number of benzene rings is 1. The van der Waals surface area contributed by atoms with Gasteiger partial charge in [-0.2, -0.15) is 0 Å². The van der Waals surface area contributed by atoms with Gasteiger partial charge in [0.25, 0.3) is 0 Å². The first kappa shape index (κ1) is 15.7. The summed E-state index contributed by atoms with van der Waals surface area (Å²) in [6.45, 7) is 5.44. The molecule has 0 spiro atoms. The molecule has 0 aliphatic carbocycles. The van der Waals surface area contributed by atoms with Crippen molar-refractivity contribution in [2.45, 2.75) is 12.8 Å². The summed E-state index contributed by atoms with van der Waals surface area (Å²) in [5.74, 6) is -0.201. The lowest BCUT2D eigenvalue weighted by Crippen LogP contribution is -2.34. The largest absolute Gasteiger partial charge is 0.339 e. The van der Waals surface area contributed by atoms with Crippen molar-refractivity contribution in [3.8, 4) is 10.4 Å². The maximum Gasteiger partial charge on any atom is 0.246 e. The second-order valence-corrected chi connectivity index (χ2v) is 6.71. The Balaban J connectivity index is 1.68. The minimum absolute atomic E-state index is 0.0262. The number of likely N-dealkylation sites (tertiary alicyclic amines) is 1. The summed E-state index contributed by atoms with van der Waals surface area (Å²) in [7, 11) is 0. The predicted molar refractivity (Wildman–Crippen MR) is 93.7 cm³/mol. The minimum Gasteiger partial charge on any atom is -0.339 e. The van der Waals surface area contributed by atoms with Gasteiger partial charge in [-0.3, -0.25) is 4.79 Å². The van der Waals surface area contributed by atoms with Crippen molar-refractivity contribution < 1.29 is 9.18 Å². The molecule has 1 saturated heterocycles. The molecular formula is C19H18FNOS. The van der Waals surface area contributed by atoms with Gasteiger partial charge in [0, 0.05) is 34.5 Å². The van der Waals surface area contributed by atoms with Crippen molar-refractivity contribution in [3.63, 3.8) is 0 Å². The van der Waals surface area contributed by atoms with E-state index < -0.39 is 0 Å². The molecule has 23 heavy (non-hydrogen) atoms. The fourth-order valence-corrected chi connectivity index (χ4v) is 3.49. The third-order valence-electron chi connectivity index (χ3n) is 3.94. The molecular weight excluding hydrogens is 309 g/mol. The monoisotopic (exact) mass is 327 g/mol. The van der Waals surface area contributed by atoms with Crippen LogP contribution < -0.4 is 0 Å². The van der Waals surface area contributed by atoms with Crippen molar-refractivity contribution in [2.75, 3.05) is 13.1 Å². The normalized spacial score (nSPS) is 15.3. The zero-order chi connectivity index (χ0) is 16.2. The molecule has 2 nitrogen and oxygen atoms in total. The molecule has 1 aromatic heterocycles. The first-order chi connectivity index (χ1) is 11.1. The highest BCUT2D eigenvalue weighted by atomic mass is 32.1. The highest BCUT2D eigenvalue weighted by molar-refractivity contribution is 7.16. The summed E-state index contributed by atoms with van der Waals surface area (Å²) in [5.41, 5.74) is 1.81. The lowest BCUT2D eigenvalue weighted by Gasteiger charge is -2.26. The van der Waals surface area contributed by atoms with E-state index in [1.54, 1.807) is 24.3 Å². The Morgan fingerprint density at radius 2 is 1.91 bits per heavy atom. The van der Waals surface area contributed by atoms with Crippen LogP contribution >= 0.6 is 11.3 Å². The van der Waals surface area contributed by atoms with E-state index in [0.717, 1.165) is 35.7 Å². The highest BCUT2D eigenvalue weighted by Gasteiger charge is 2.15. The Labute approximate surface area is 139 Å². The molecule has 2 heterocycles. The molecule has 0 atom stereocenters. The first-order valence-corrected chi connectivity index (χ1v) is 8.43. The van der Waals surface area contributed by atoms with Gasteiger partial charge in [0.05, 0.1) is 0 Å². The second-order valence-electron chi connectivity index (χ2n) is 5.59. The van der Waals surface area contributed by atoms with Crippen LogP contribution in [0.25, 0.3) is 16.5 Å². The smallest absolute Gasteiger partial charge is 0.246 e. The van der Waals surface area contributed by atoms with Crippen molar-refractivity contribution in [2.24, 2.45) is 0 Å². The molecule has 4 heteroatoms. The molecule has 0 N–H and O–H groups in total. The predicted octanol–water partition coefficient (Wildman–Crippen LogP) is 4.75. The van der Waals surface area contributed by atoms with E-state index in [2.05, 4.69) is 6.58 Å². The molecule has 0 saturated carbocycles. The van der Waals surface area contributed by atoms with Crippen molar-refractivity contribution in [1.82, 2.24) is 4.90 Å². The molecule has 1 aliphatic rings. The van der Waals surface area contributed by atoms with Gasteiger partial charge in [-0.15, -0.1) is 11.3 Å². The molecule has 2 aromatic rings. The van der Waals surface area contributed by atoms with Gasteiger partial charge in [-0.1, -0.05) is 30.4 Å². The van der Waals surface area contributed by atoms with Gasteiger partial charge in [0.2, 0.25) is 5.91 Å². The van der Waals surface area contributed by atoms with Crippen LogP contribution in [0.3, 0.4) is 0 Å². The Bertz CT molecular complexity index is 752. The van der Waals surface area contributed by atoms with E-state index in [0.29, 0.717) is 5.56 Å². The Morgan fingerprint density at radius 3 is 2.65 bits per heavy atom. The Morgan fingerprint density at radius 1 is 1.17 bits per heavy atom. The number of piperidine rings is 1. The molecule has 1 aromatic carbocycles. The third kappa shape index (κ3) is 3.77. The standard InChI is InChI=1S/C19H18FNOS/c1-14-10-12-21(13-11-14)19(22)9-7-15-6-8-18(23-15)16-4-2-3-5-17(16)20/h2-9H,1,10-13H2/b9-7+. The Kier molecular flexibility index (Phi) is 4.72. The van der Waals surface area contributed by atoms with Crippen LogP contribution in [0.2, 0.25) is 0 Å². The molecule has 1 amide bonds.